The molecule has 0 heterocycles. The molecule has 0 saturated carbocycles. The van der Waals surface area contributed by atoms with Crippen LogP contribution in [0.2, 0.25) is 0 Å². The summed E-state index contributed by atoms with van der Waals surface area (Å²) in [6, 6.07) is 0. The molecule has 0 aliphatic carbocycles. The molecule has 0 fully saturated rings. The summed E-state index contributed by atoms with van der Waals surface area (Å²) >= 11 is 0. The molecule has 126 valence electrons. The Hall–Kier alpha value is 1.88. The van der Waals surface area contributed by atoms with E-state index in [1.165, 1.54) is 51.4 Å². The molecule has 0 aliphatic heterocycles. The van der Waals surface area contributed by atoms with E-state index in [1.54, 1.807) is 0 Å². The summed E-state index contributed by atoms with van der Waals surface area (Å²) in [6.07, 6.45) is 10.4. The predicted molar refractivity (Wildman–Crippen MR) is 96.7 cm³/mol. The maximum Gasteiger partial charge on any atom is 2.00 e. The van der Waals surface area contributed by atoms with Crippen LogP contribution in [0.1, 0.15) is 79.1 Å². The van der Waals surface area contributed by atoms with Gasteiger partial charge in [0.1, 0.15) is 0 Å². The summed E-state index contributed by atoms with van der Waals surface area (Å²) in [7, 11) is -2.62. The Morgan fingerprint density at radius 1 is 0.762 bits per heavy atom. The summed E-state index contributed by atoms with van der Waals surface area (Å²) in [5.74, 6) is 1.41. The molecule has 0 aliphatic rings. The third-order valence-corrected chi connectivity index (χ3v) is 3.09. The fraction of sp³-hybridized carbons (Fsp3) is 0.875. The molecule has 0 aromatic carbocycles. The average Bonchev–Trinajstić information content (AvgIpc) is 2.42. The van der Waals surface area contributed by atoms with Crippen molar-refractivity contribution >= 4 is 57.5 Å². The number of unbranched alkanes of at least 4 members (excludes halogenated alkanes) is 2. The van der Waals surface area contributed by atoms with Crippen LogP contribution in [0.15, 0.2) is 0 Å². The second-order valence-electron chi connectivity index (χ2n) is 5.10. The van der Waals surface area contributed by atoms with Gasteiger partial charge in [0, 0.05) is 0 Å². The zero-order chi connectivity index (χ0) is 16.4. The average molecular weight is 446 g/mol. The van der Waals surface area contributed by atoms with E-state index in [0.29, 0.717) is 11.8 Å². The third kappa shape index (κ3) is 44.9. The fourth-order valence-corrected chi connectivity index (χ4v) is 1.39. The Morgan fingerprint density at radius 2 is 1.00 bits per heavy atom. The first kappa shape index (κ1) is 30.7. The second kappa shape index (κ2) is 26.8. The van der Waals surface area contributed by atoms with Gasteiger partial charge in [-0.1, -0.05) is 79.1 Å². The van der Waals surface area contributed by atoms with Crippen LogP contribution >= 0.6 is 8.60 Å². The van der Waals surface area contributed by atoms with E-state index >= 15 is 0 Å². The van der Waals surface area contributed by atoms with E-state index in [0.717, 1.165) is 0 Å². The monoisotopic (exact) mass is 446 g/mol. The molecule has 21 heavy (non-hydrogen) atoms. The molecule has 0 rings (SSSR count). The van der Waals surface area contributed by atoms with Gasteiger partial charge >= 0.3 is 57.5 Å². The van der Waals surface area contributed by atoms with Gasteiger partial charge in [-0.3, -0.25) is 0 Å². The van der Waals surface area contributed by atoms with Crippen LogP contribution in [0.25, 0.3) is 0 Å². The largest absolute Gasteiger partial charge is 2.00 e. The Bertz CT molecular complexity index is 144. The molecule has 0 spiro atoms. The molecule has 5 heteroatoms. The second-order valence-corrected chi connectivity index (χ2v) is 5.64. The van der Waals surface area contributed by atoms with Crippen molar-refractivity contribution in [3.8, 4) is 0 Å². The summed E-state index contributed by atoms with van der Waals surface area (Å²) in [6.45, 7) is 16.8. The maximum absolute atomic E-state index is 7.23. The number of rotatable bonds is 8. The van der Waals surface area contributed by atoms with Gasteiger partial charge in [-0.05, 0) is 0 Å². The molecule has 3 N–H and O–H groups in total. The van der Waals surface area contributed by atoms with Crippen molar-refractivity contribution in [3.05, 3.63) is 13.8 Å². The maximum atomic E-state index is 7.23. The number of hydrogen-bond acceptors (Lipinski definition) is 3. The molecular weight excluding hydrogens is 408 g/mol. The van der Waals surface area contributed by atoms with Gasteiger partial charge in [-0.2, -0.15) is 11.8 Å². The van der Waals surface area contributed by atoms with Crippen LogP contribution in [0.5, 0.6) is 0 Å². The van der Waals surface area contributed by atoms with E-state index in [1.807, 2.05) is 0 Å². The van der Waals surface area contributed by atoms with E-state index in [-0.39, 0.29) is 48.9 Å². The van der Waals surface area contributed by atoms with Gasteiger partial charge in [0.05, 0.1) is 0 Å². The Balaban J connectivity index is -0.000000107. The van der Waals surface area contributed by atoms with Gasteiger partial charge in [-0.25, -0.2) is 0 Å². The summed E-state index contributed by atoms with van der Waals surface area (Å²) in [5, 5.41) is 0. The van der Waals surface area contributed by atoms with Crippen molar-refractivity contribution < 1.29 is 14.7 Å². The van der Waals surface area contributed by atoms with Gasteiger partial charge in [0.25, 0.3) is 0 Å². The van der Waals surface area contributed by atoms with Gasteiger partial charge in [-0.15, -0.1) is 0 Å². The summed E-state index contributed by atoms with van der Waals surface area (Å²) in [5.41, 5.74) is 0. The van der Waals surface area contributed by atoms with E-state index in [9.17, 15) is 0 Å². The molecule has 3 nitrogen and oxygen atoms in total. The van der Waals surface area contributed by atoms with Crippen LogP contribution < -0.4 is 0 Å². The Labute approximate surface area is 175 Å². The molecule has 2 unspecified atom stereocenters. The quantitative estimate of drug-likeness (QED) is 0.283. The van der Waals surface area contributed by atoms with Crippen LogP contribution in [0, 0.1) is 25.7 Å². The van der Waals surface area contributed by atoms with Crippen LogP contribution in [0.4, 0.5) is 0 Å². The first-order valence-corrected chi connectivity index (χ1v) is 9.08. The van der Waals surface area contributed by atoms with E-state index < -0.39 is 8.60 Å². The summed E-state index contributed by atoms with van der Waals surface area (Å²) < 4.78 is 0. The van der Waals surface area contributed by atoms with Crippen LogP contribution in [-0.4, -0.2) is 63.6 Å². The van der Waals surface area contributed by atoms with Crippen molar-refractivity contribution in [3.63, 3.8) is 0 Å². The minimum atomic E-state index is -2.62. The Morgan fingerprint density at radius 3 is 1.14 bits per heavy atom. The molecule has 0 radical (unpaired) electrons. The molecule has 0 amide bonds. The molecule has 0 saturated heterocycles. The summed E-state index contributed by atoms with van der Waals surface area (Å²) in [4.78, 5) is 21.7. The standard InChI is InChI=1S/2C8H17.Ba.H3O3P/c2*1-4-6-7-8(3)5-2;;1-4(2)3/h2*8H,3-7H2,1-2H3;;1-3H/q2*-1;+2;. The minimum Gasteiger partial charge on any atom is -0.340 e. The van der Waals surface area contributed by atoms with Crippen LogP contribution in [-0.2, 0) is 0 Å². The topological polar surface area (TPSA) is 60.7 Å². The van der Waals surface area contributed by atoms with Gasteiger partial charge in [0.2, 0.25) is 0 Å². The molecular formula is C16H37BaO3P. The first-order valence-electron chi connectivity index (χ1n) is 7.88. The van der Waals surface area contributed by atoms with Gasteiger partial charge in [0.15, 0.2) is 0 Å². The van der Waals surface area contributed by atoms with Crippen molar-refractivity contribution in [1.29, 1.82) is 0 Å². The smallest absolute Gasteiger partial charge is 0.340 e. The fourth-order valence-electron chi connectivity index (χ4n) is 1.39. The predicted octanol–water partition coefficient (Wildman–Crippen LogP) is 4.88. The number of hydrogen-bond donors (Lipinski definition) is 3. The van der Waals surface area contributed by atoms with Crippen molar-refractivity contribution in [1.82, 2.24) is 0 Å². The Kier molecular flexibility index (Phi) is 39.2. The molecule has 0 aromatic rings. The zero-order valence-corrected chi connectivity index (χ0v) is 20.1. The van der Waals surface area contributed by atoms with E-state index in [2.05, 4.69) is 41.5 Å². The van der Waals surface area contributed by atoms with Crippen molar-refractivity contribution in [2.75, 3.05) is 0 Å². The normalized spacial score (nSPS) is 12.3. The third-order valence-electron chi connectivity index (χ3n) is 3.09. The molecule has 0 bridgehead atoms. The van der Waals surface area contributed by atoms with Crippen molar-refractivity contribution in [2.24, 2.45) is 11.8 Å². The van der Waals surface area contributed by atoms with E-state index in [4.69, 9.17) is 14.7 Å². The van der Waals surface area contributed by atoms with Crippen molar-refractivity contribution in [2.45, 2.75) is 79.1 Å². The molecule has 2 atom stereocenters. The molecule has 0 aromatic heterocycles. The van der Waals surface area contributed by atoms with Crippen LogP contribution in [0.3, 0.4) is 0 Å². The minimum absolute atomic E-state index is 0. The SMILES string of the molecule is OP(O)O.[Ba+2].[CH2-]C(CC)CCCC.[CH2-]C(CC)CCCC. The van der Waals surface area contributed by atoms with Gasteiger partial charge < -0.3 is 28.5 Å². The first-order chi connectivity index (χ1) is 9.35. The zero-order valence-electron chi connectivity index (χ0n) is 14.7.